The molecule has 0 fully saturated rings. The molecule has 0 saturated heterocycles. The molecule has 0 radical (unpaired) electrons. The van der Waals surface area contributed by atoms with Gasteiger partial charge < -0.3 is 33.8 Å². The predicted octanol–water partition coefficient (Wildman–Crippen LogP) is 18.9. The number of phosphoric ester groups is 2. The van der Waals surface area contributed by atoms with E-state index in [4.69, 9.17) is 37.0 Å². The maximum atomic E-state index is 13.0. The van der Waals surface area contributed by atoms with Crippen molar-refractivity contribution in [3.63, 3.8) is 0 Å². The van der Waals surface area contributed by atoms with Crippen LogP contribution in [0.5, 0.6) is 0 Å². The number of hydrogen-bond donors (Lipinski definition) is 3. The molecule has 516 valence electrons. The monoisotopic (exact) mass is 1280 g/mol. The van der Waals surface area contributed by atoms with Crippen LogP contribution >= 0.6 is 15.6 Å². The van der Waals surface area contributed by atoms with E-state index in [0.29, 0.717) is 37.5 Å². The molecule has 0 aromatic rings. The van der Waals surface area contributed by atoms with Gasteiger partial charge >= 0.3 is 39.5 Å². The van der Waals surface area contributed by atoms with Crippen LogP contribution in [0, 0.1) is 23.7 Å². The van der Waals surface area contributed by atoms with Crippen molar-refractivity contribution in [3.8, 4) is 0 Å². The Bertz CT molecular complexity index is 1730. The highest BCUT2D eigenvalue weighted by atomic mass is 31.2. The number of esters is 4. The number of carbonyl (C=O) groups is 4. The second-order valence-corrected chi connectivity index (χ2v) is 29.4. The third-order valence-electron chi connectivity index (χ3n) is 15.6. The smallest absolute Gasteiger partial charge is 0.462 e. The second-order valence-electron chi connectivity index (χ2n) is 26.5. The quantitative estimate of drug-likeness (QED) is 0.0222. The first-order chi connectivity index (χ1) is 41.6. The van der Waals surface area contributed by atoms with Gasteiger partial charge in [-0.1, -0.05) is 280 Å². The van der Waals surface area contributed by atoms with Crippen LogP contribution in [-0.4, -0.2) is 96.7 Å². The minimum atomic E-state index is -4.95. The van der Waals surface area contributed by atoms with E-state index in [2.05, 4.69) is 55.4 Å². The topological polar surface area (TPSA) is 237 Å². The average Bonchev–Trinajstić information content (AvgIpc) is 3.67. The summed E-state index contributed by atoms with van der Waals surface area (Å²) in [6.45, 7) is 14.0. The Morgan fingerprint density at radius 2 is 0.483 bits per heavy atom. The number of unbranched alkanes of at least 4 members (excludes halogenated alkanes) is 31. The molecule has 0 aromatic heterocycles. The van der Waals surface area contributed by atoms with Crippen molar-refractivity contribution in [1.82, 2.24) is 0 Å². The lowest BCUT2D eigenvalue weighted by Crippen LogP contribution is -2.30. The third kappa shape index (κ3) is 62.6. The zero-order valence-electron chi connectivity index (χ0n) is 56.6. The standard InChI is InChI=1S/C68H132O17P2/c1-58(2)44-36-28-20-15-12-10-9-11-13-17-23-34-42-50-67(72)85-64(55-79-66(71)49-41-33-27-26-31-39-47-61(7)8)57-83-87(76,77)81-53-62(69)52-80-86(74,75)82-56-63(54-78-65(70)48-40-32-25-19-22-30-38-46-60(5)6)84-68(73)51-43-35-24-18-14-16-21-29-37-45-59(3)4/h58-64,69H,9-57H2,1-8H3,(H,74,75)(H,76,77)/t62?,63-,64-/m1/s1. The normalized spacial score (nSPS) is 14.3. The number of aliphatic hydroxyl groups is 1. The highest BCUT2D eigenvalue weighted by Gasteiger charge is 2.30. The predicted molar refractivity (Wildman–Crippen MR) is 349 cm³/mol. The lowest BCUT2D eigenvalue weighted by Gasteiger charge is -2.21. The molecule has 3 N–H and O–H groups in total. The Hall–Kier alpha value is -1.94. The fourth-order valence-electron chi connectivity index (χ4n) is 10.1. The molecule has 5 atom stereocenters. The van der Waals surface area contributed by atoms with E-state index < -0.39 is 97.5 Å². The third-order valence-corrected chi connectivity index (χ3v) is 17.5. The Kier molecular flexibility index (Phi) is 56.6. The number of aliphatic hydroxyl groups excluding tert-OH is 1. The zero-order valence-corrected chi connectivity index (χ0v) is 58.4. The SMILES string of the molecule is CC(C)CCCCCCCCCCCCCCCC(=O)O[C@H](COC(=O)CCCCCCCCC(C)C)COP(=O)(O)OCC(O)COP(=O)(O)OC[C@@H](COC(=O)CCCCCCCCCC(C)C)OC(=O)CCCCCCCCCCCC(C)C. The summed E-state index contributed by atoms with van der Waals surface area (Å²) in [7, 11) is -9.90. The molecule has 0 spiro atoms. The molecule has 87 heavy (non-hydrogen) atoms. The average molecular weight is 1280 g/mol. The summed E-state index contributed by atoms with van der Waals surface area (Å²) >= 11 is 0. The summed E-state index contributed by atoms with van der Waals surface area (Å²) in [6, 6.07) is 0. The van der Waals surface area contributed by atoms with Crippen molar-refractivity contribution < 1.29 is 80.2 Å². The van der Waals surface area contributed by atoms with Gasteiger partial charge in [-0.3, -0.25) is 37.3 Å². The molecule has 0 aliphatic heterocycles. The summed E-state index contributed by atoms with van der Waals surface area (Å²) in [5.74, 6) is 0.772. The Balaban J connectivity index is 5.23. The summed E-state index contributed by atoms with van der Waals surface area (Å²) in [6.07, 6.45) is 39.2. The number of hydrogen-bond acceptors (Lipinski definition) is 15. The maximum absolute atomic E-state index is 13.0. The Morgan fingerprint density at radius 1 is 0.287 bits per heavy atom. The summed E-state index contributed by atoms with van der Waals surface area (Å²) in [5, 5.41) is 10.6. The molecule has 0 saturated carbocycles. The fourth-order valence-corrected chi connectivity index (χ4v) is 11.7. The first-order valence-electron chi connectivity index (χ1n) is 35.2. The van der Waals surface area contributed by atoms with E-state index in [-0.39, 0.29) is 25.7 Å². The van der Waals surface area contributed by atoms with E-state index in [1.165, 1.54) is 122 Å². The van der Waals surface area contributed by atoms with Crippen LogP contribution in [0.2, 0.25) is 0 Å². The van der Waals surface area contributed by atoms with Gasteiger partial charge in [0.15, 0.2) is 12.2 Å². The molecule has 19 heteroatoms. The number of phosphoric acid groups is 2. The molecule has 0 aromatic carbocycles. The molecule has 0 aliphatic carbocycles. The lowest BCUT2D eigenvalue weighted by molar-refractivity contribution is -0.161. The molecule has 0 aliphatic rings. The second kappa shape index (κ2) is 57.9. The van der Waals surface area contributed by atoms with Crippen LogP contribution in [0.3, 0.4) is 0 Å². The fraction of sp³-hybridized carbons (Fsp3) is 0.941. The summed E-state index contributed by atoms with van der Waals surface area (Å²) in [5.41, 5.74) is 0. The number of ether oxygens (including phenoxy) is 4. The first kappa shape index (κ1) is 85.1. The molecule has 0 heterocycles. The van der Waals surface area contributed by atoms with Gasteiger partial charge in [-0.2, -0.15) is 0 Å². The van der Waals surface area contributed by atoms with Gasteiger partial charge in [-0.05, 0) is 49.4 Å². The van der Waals surface area contributed by atoms with E-state index in [0.717, 1.165) is 115 Å². The van der Waals surface area contributed by atoms with Crippen LogP contribution in [0.1, 0.15) is 331 Å². The van der Waals surface area contributed by atoms with Crippen LogP contribution in [0.25, 0.3) is 0 Å². The minimum absolute atomic E-state index is 0.104. The van der Waals surface area contributed by atoms with Gasteiger partial charge in [0.1, 0.15) is 19.3 Å². The Morgan fingerprint density at radius 3 is 0.713 bits per heavy atom. The molecule has 0 amide bonds. The summed E-state index contributed by atoms with van der Waals surface area (Å²) < 4.78 is 68.1. The first-order valence-corrected chi connectivity index (χ1v) is 38.2. The van der Waals surface area contributed by atoms with Gasteiger partial charge in [-0.15, -0.1) is 0 Å². The number of rotatable bonds is 65. The van der Waals surface area contributed by atoms with Crippen LogP contribution in [-0.2, 0) is 65.4 Å². The molecule has 0 rings (SSSR count). The molecular weight excluding hydrogens is 1150 g/mol. The molecular formula is C68H132O17P2. The van der Waals surface area contributed by atoms with Crippen LogP contribution < -0.4 is 0 Å². The van der Waals surface area contributed by atoms with Crippen LogP contribution in [0.4, 0.5) is 0 Å². The Labute approximate surface area is 530 Å². The highest BCUT2D eigenvalue weighted by molar-refractivity contribution is 7.47. The molecule has 0 bridgehead atoms. The van der Waals surface area contributed by atoms with Gasteiger partial charge in [0.05, 0.1) is 26.4 Å². The van der Waals surface area contributed by atoms with E-state index in [1.807, 2.05) is 0 Å². The van der Waals surface area contributed by atoms with Crippen molar-refractivity contribution in [3.05, 3.63) is 0 Å². The minimum Gasteiger partial charge on any atom is -0.462 e. The highest BCUT2D eigenvalue weighted by Crippen LogP contribution is 2.45. The molecule has 17 nitrogen and oxygen atoms in total. The van der Waals surface area contributed by atoms with Crippen molar-refractivity contribution >= 4 is 39.5 Å². The van der Waals surface area contributed by atoms with Gasteiger partial charge in [-0.25, -0.2) is 9.13 Å². The molecule has 3 unspecified atom stereocenters. The van der Waals surface area contributed by atoms with Gasteiger partial charge in [0.25, 0.3) is 0 Å². The van der Waals surface area contributed by atoms with E-state index >= 15 is 0 Å². The number of carbonyl (C=O) groups excluding carboxylic acids is 4. The van der Waals surface area contributed by atoms with E-state index in [9.17, 15) is 43.2 Å². The van der Waals surface area contributed by atoms with Gasteiger partial charge in [0.2, 0.25) is 0 Å². The van der Waals surface area contributed by atoms with Crippen molar-refractivity contribution in [2.45, 2.75) is 350 Å². The zero-order chi connectivity index (χ0) is 64.7. The van der Waals surface area contributed by atoms with Crippen molar-refractivity contribution in [1.29, 1.82) is 0 Å². The van der Waals surface area contributed by atoms with Gasteiger partial charge in [0, 0.05) is 25.7 Å². The van der Waals surface area contributed by atoms with Crippen molar-refractivity contribution in [2.75, 3.05) is 39.6 Å². The largest absolute Gasteiger partial charge is 0.472 e. The maximum Gasteiger partial charge on any atom is 0.472 e. The summed E-state index contributed by atoms with van der Waals surface area (Å²) in [4.78, 5) is 72.4. The van der Waals surface area contributed by atoms with Crippen LogP contribution in [0.15, 0.2) is 0 Å². The van der Waals surface area contributed by atoms with E-state index in [1.54, 1.807) is 0 Å². The van der Waals surface area contributed by atoms with Crippen molar-refractivity contribution in [2.24, 2.45) is 23.7 Å². The lowest BCUT2D eigenvalue weighted by atomic mass is 10.0.